The minimum atomic E-state index is -0.174. The van der Waals surface area contributed by atoms with Crippen molar-refractivity contribution < 1.29 is 4.79 Å². The molecule has 0 saturated carbocycles. The van der Waals surface area contributed by atoms with Gasteiger partial charge in [0.2, 0.25) is 11.0 Å². The topological polar surface area (TPSA) is 84.7 Å². The molecule has 4 rings (SSSR count). The van der Waals surface area contributed by atoms with Crippen LogP contribution in [-0.2, 0) is 11.8 Å². The van der Waals surface area contributed by atoms with Crippen molar-refractivity contribution in [1.29, 1.82) is 0 Å². The molecular weight excluding hydrogens is 407 g/mol. The van der Waals surface area contributed by atoms with Gasteiger partial charge in [0.25, 0.3) is 0 Å². The van der Waals surface area contributed by atoms with Crippen molar-refractivity contribution in [2.75, 3.05) is 18.4 Å². The van der Waals surface area contributed by atoms with Gasteiger partial charge in [-0.1, -0.05) is 41.1 Å². The minimum Gasteiger partial charge on any atom is -0.315 e. The molecule has 1 aliphatic rings. The van der Waals surface area contributed by atoms with Crippen molar-refractivity contribution in [3.05, 3.63) is 47.2 Å². The van der Waals surface area contributed by atoms with E-state index in [9.17, 15) is 4.79 Å². The molecule has 7 nitrogen and oxygen atoms in total. The quantitative estimate of drug-likeness (QED) is 0.672. The molecule has 0 unspecified atom stereocenters. The Labute approximate surface area is 171 Å². The molecule has 1 aliphatic heterocycles. The highest BCUT2D eigenvalue weighted by Gasteiger charge is 2.35. The van der Waals surface area contributed by atoms with Crippen LogP contribution in [-0.4, -0.2) is 39.0 Å². The summed E-state index contributed by atoms with van der Waals surface area (Å²) in [6.07, 6.45) is 3.77. The lowest BCUT2D eigenvalue weighted by atomic mass is 9.90. The Morgan fingerprint density at radius 2 is 2.15 bits per heavy atom. The number of nitrogens with one attached hydrogen (secondary N) is 2. The zero-order valence-corrected chi connectivity index (χ0v) is 16.8. The van der Waals surface area contributed by atoms with Crippen LogP contribution in [0.15, 0.2) is 36.7 Å². The van der Waals surface area contributed by atoms with Crippen molar-refractivity contribution in [2.24, 2.45) is 13.0 Å². The summed E-state index contributed by atoms with van der Waals surface area (Å²) >= 11 is 7.51. The number of hydrogen-bond acceptors (Lipinski definition) is 6. The summed E-state index contributed by atoms with van der Waals surface area (Å²) in [7, 11) is 1.87. The highest BCUT2D eigenvalue weighted by molar-refractivity contribution is 7.18. The predicted molar refractivity (Wildman–Crippen MR) is 109 cm³/mol. The molecule has 1 fully saturated rings. The molecule has 1 amide bonds. The number of aromatic nitrogens is 4. The zero-order valence-electron chi connectivity index (χ0n) is 14.4. The third-order valence-electron chi connectivity index (χ3n) is 4.46. The van der Waals surface area contributed by atoms with Gasteiger partial charge in [-0.3, -0.25) is 9.48 Å². The van der Waals surface area contributed by atoms with E-state index >= 15 is 0 Å². The largest absolute Gasteiger partial charge is 0.315 e. The van der Waals surface area contributed by atoms with Gasteiger partial charge in [0, 0.05) is 37.8 Å². The monoisotopic (exact) mass is 424 g/mol. The van der Waals surface area contributed by atoms with E-state index in [4.69, 9.17) is 11.6 Å². The van der Waals surface area contributed by atoms with Crippen LogP contribution in [0.1, 0.15) is 11.5 Å². The Kier molecular flexibility index (Phi) is 6.11. The van der Waals surface area contributed by atoms with Crippen LogP contribution >= 0.6 is 35.3 Å². The fourth-order valence-electron chi connectivity index (χ4n) is 3.15. The average molecular weight is 425 g/mol. The first-order valence-electron chi connectivity index (χ1n) is 8.20. The lowest BCUT2D eigenvalue weighted by Gasteiger charge is -2.15. The van der Waals surface area contributed by atoms with Gasteiger partial charge in [0.1, 0.15) is 0 Å². The lowest BCUT2D eigenvalue weighted by molar-refractivity contribution is -0.119. The SMILES string of the molecule is Cl.Cn1cc([C@H]2CNC[C@@H]2C(=O)Nc2nnc(-c3ccccc3Cl)s2)cn1. The maximum Gasteiger partial charge on any atom is 0.231 e. The summed E-state index contributed by atoms with van der Waals surface area (Å²) in [6.45, 7) is 1.38. The first-order valence-corrected chi connectivity index (χ1v) is 9.40. The highest BCUT2D eigenvalue weighted by Crippen LogP contribution is 2.33. The maximum atomic E-state index is 12.8. The van der Waals surface area contributed by atoms with Crippen molar-refractivity contribution in [3.8, 4) is 10.6 Å². The zero-order chi connectivity index (χ0) is 18.1. The predicted octanol–water partition coefficient (Wildman–Crippen LogP) is 2.96. The Bertz CT molecular complexity index is 943. The third-order valence-corrected chi connectivity index (χ3v) is 5.66. The molecule has 0 bridgehead atoms. The standard InChI is InChI=1S/C17H17ClN6OS.ClH/c1-24-9-10(6-20-24)12-7-19-8-13(12)15(25)21-17-23-22-16(26-17)11-4-2-3-5-14(11)18;/h2-6,9,12-13,19H,7-8H2,1H3,(H,21,23,25);1H/t12-,13+;/m1./s1. The summed E-state index contributed by atoms with van der Waals surface area (Å²) < 4.78 is 1.75. The maximum absolute atomic E-state index is 12.8. The van der Waals surface area contributed by atoms with Gasteiger partial charge < -0.3 is 10.6 Å². The number of amides is 1. The molecule has 0 spiro atoms. The van der Waals surface area contributed by atoms with Crippen molar-refractivity contribution in [2.45, 2.75) is 5.92 Å². The first-order chi connectivity index (χ1) is 12.6. The molecule has 2 N–H and O–H groups in total. The Balaban J connectivity index is 0.00000210. The van der Waals surface area contributed by atoms with E-state index in [2.05, 4.69) is 25.9 Å². The Hall–Kier alpha value is -2.00. The van der Waals surface area contributed by atoms with Gasteiger partial charge in [-0.05, 0) is 11.6 Å². The first kappa shape index (κ1) is 19.8. The average Bonchev–Trinajstić information content (AvgIpc) is 3.35. The molecule has 10 heteroatoms. The second kappa shape index (κ2) is 8.35. The second-order valence-corrected chi connectivity index (χ2v) is 7.58. The van der Waals surface area contributed by atoms with Gasteiger partial charge in [0.05, 0.1) is 17.1 Å². The molecule has 2 aromatic heterocycles. The van der Waals surface area contributed by atoms with Crippen molar-refractivity contribution in [3.63, 3.8) is 0 Å². The number of hydrogen-bond donors (Lipinski definition) is 2. The fourth-order valence-corrected chi connectivity index (χ4v) is 4.22. The number of aryl methyl sites for hydroxylation is 1. The van der Waals surface area contributed by atoms with Crippen molar-refractivity contribution in [1.82, 2.24) is 25.3 Å². The van der Waals surface area contributed by atoms with Gasteiger partial charge in [0.15, 0.2) is 5.01 Å². The summed E-state index contributed by atoms with van der Waals surface area (Å²) in [5.41, 5.74) is 1.87. The van der Waals surface area contributed by atoms with Crippen LogP contribution in [0.2, 0.25) is 5.02 Å². The van der Waals surface area contributed by atoms with Gasteiger partial charge in [-0.15, -0.1) is 22.6 Å². The van der Waals surface area contributed by atoms with Crippen LogP contribution in [0.3, 0.4) is 0 Å². The third kappa shape index (κ3) is 4.14. The molecule has 0 aliphatic carbocycles. The number of carbonyl (C=O) groups is 1. The normalized spacial score (nSPS) is 18.9. The fraction of sp³-hybridized carbons (Fsp3) is 0.294. The van der Waals surface area contributed by atoms with Gasteiger partial charge in [-0.2, -0.15) is 5.10 Å². The molecule has 3 heterocycles. The van der Waals surface area contributed by atoms with Crippen LogP contribution < -0.4 is 10.6 Å². The smallest absolute Gasteiger partial charge is 0.231 e. The number of rotatable bonds is 4. The number of nitrogens with zero attached hydrogens (tertiary/aromatic N) is 4. The Morgan fingerprint density at radius 1 is 1.33 bits per heavy atom. The van der Waals surface area contributed by atoms with E-state index in [-0.39, 0.29) is 30.2 Å². The van der Waals surface area contributed by atoms with Gasteiger partial charge >= 0.3 is 0 Å². The molecule has 27 heavy (non-hydrogen) atoms. The molecule has 0 radical (unpaired) electrons. The number of halogens is 2. The number of carbonyl (C=O) groups excluding carboxylic acids is 1. The van der Waals surface area contributed by atoms with E-state index in [1.54, 1.807) is 10.7 Å². The molecule has 3 aromatic rings. The molecule has 2 atom stereocenters. The molecular formula is C17H18Cl2N6OS. The summed E-state index contributed by atoms with van der Waals surface area (Å²) in [4.78, 5) is 12.8. The number of benzene rings is 1. The van der Waals surface area contributed by atoms with Crippen LogP contribution in [0.4, 0.5) is 5.13 Å². The lowest BCUT2D eigenvalue weighted by Crippen LogP contribution is -2.28. The van der Waals surface area contributed by atoms with E-state index in [1.807, 2.05) is 37.6 Å². The highest BCUT2D eigenvalue weighted by atomic mass is 35.5. The summed E-state index contributed by atoms with van der Waals surface area (Å²) in [5.74, 6) is -0.141. The second-order valence-electron chi connectivity index (χ2n) is 6.20. The van der Waals surface area contributed by atoms with Crippen LogP contribution in [0, 0.1) is 5.92 Å². The van der Waals surface area contributed by atoms with Crippen LogP contribution in [0.5, 0.6) is 0 Å². The van der Waals surface area contributed by atoms with Gasteiger partial charge in [-0.25, -0.2) is 0 Å². The number of anilines is 1. The van der Waals surface area contributed by atoms with E-state index in [0.717, 1.165) is 17.7 Å². The van der Waals surface area contributed by atoms with E-state index in [0.29, 0.717) is 21.7 Å². The van der Waals surface area contributed by atoms with Crippen molar-refractivity contribution >= 4 is 46.4 Å². The van der Waals surface area contributed by atoms with E-state index < -0.39 is 0 Å². The molecule has 142 valence electrons. The minimum absolute atomic E-state index is 0. The summed E-state index contributed by atoms with van der Waals surface area (Å²) in [5, 5.41) is 20.4. The Morgan fingerprint density at radius 3 is 2.89 bits per heavy atom. The van der Waals surface area contributed by atoms with Crippen LogP contribution in [0.25, 0.3) is 10.6 Å². The molecule has 1 saturated heterocycles. The summed E-state index contributed by atoms with van der Waals surface area (Å²) in [6, 6.07) is 7.44. The molecule has 1 aromatic carbocycles. The van der Waals surface area contributed by atoms with E-state index in [1.165, 1.54) is 11.3 Å².